The summed E-state index contributed by atoms with van der Waals surface area (Å²) in [6.07, 6.45) is 0. The second-order valence-electron chi connectivity index (χ2n) is 3.04. The predicted octanol–water partition coefficient (Wildman–Crippen LogP) is -0.0493. The maximum Gasteiger partial charge on any atom is 0.253 e. The van der Waals surface area contributed by atoms with E-state index in [1.165, 1.54) is 6.07 Å². The van der Waals surface area contributed by atoms with Crippen molar-refractivity contribution < 1.29 is 9.59 Å². The number of amides is 2. The average Bonchev–Trinajstić information content (AvgIpc) is 2.29. The number of carbonyl (C=O) groups is 2. The van der Waals surface area contributed by atoms with Gasteiger partial charge in [-0.1, -0.05) is 0 Å². The van der Waals surface area contributed by atoms with Crippen LogP contribution >= 0.6 is 0 Å². The maximum atomic E-state index is 11.4. The molecule has 1 heterocycles. The number of benzene rings is 1. The van der Waals surface area contributed by atoms with Gasteiger partial charge in [0.1, 0.15) is 0 Å². The van der Waals surface area contributed by atoms with Gasteiger partial charge in [-0.15, -0.1) is 0 Å². The monoisotopic (exact) mass is 191 g/mol. The van der Waals surface area contributed by atoms with Crippen molar-refractivity contribution >= 4 is 23.2 Å². The van der Waals surface area contributed by atoms with Crippen molar-refractivity contribution in [2.45, 2.75) is 0 Å². The van der Waals surface area contributed by atoms with Crippen molar-refractivity contribution in [2.24, 2.45) is 0 Å². The predicted molar refractivity (Wildman–Crippen MR) is 51.8 cm³/mol. The van der Waals surface area contributed by atoms with Crippen molar-refractivity contribution in [3.8, 4) is 0 Å². The van der Waals surface area contributed by atoms with Crippen LogP contribution in [0.4, 0.5) is 11.4 Å². The summed E-state index contributed by atoms with van der Waals surface area (Å²) in [5.74, 6) is -0.521. The third-order valence-corrected chi connectivity index (χ3v) is 1.97. The standard InChI is InChI=1S/C9H9N3O2/c10-5-1-2-7-6(3-5)9(14)11-4-8(13)12-7/h1-3H,4,10H2,(H,11,14)(H,12,13). The number of nitrogens with two attached hydrogens (primary N) is 1. The Labute approximate surface area is 80.3 Å². The topological polar surface area (TPSA) is 84.2 Å². The summed E-state index contributed by atoms with van der Waals surface area (Å²) < 4.78 is 0. The van der Waals surface area contributed by atoms with Gasteiger partial charge in [0.25, 0.3) is 5.91 Å². The Morgan fingerprint density at radius 3 is 2.86 bits per heavy atom. The van der Waals surface area contributed by atoms with Crippen LogP contribution in [-0.4, -0.2) is 18.4 Å². The Kier molecular flexibility index (Phi) is 1.85. The first kappa shape index (κ1) is 8.55. The van der Waals surface area contributed by atoms with Crippen LogP contribution in [0.5, 0.6) is 0 Å². The van der Waals surface area contributed by atoms with E-state index in [-0.39, 0.29) is 18.4 Å². The van der Waals surface area contributed by atoms with Crippen molar-refractivity contribution in [2.75, 3.05) is 17.6 Å². The zero-order chi connectivity index (χ0) is 10.1. The quantitative estimate of drug-likeness (QED) is 0.503. The SMILES string of the molecule is Nc1ccc2c(c1)C(=O)NCC(=O)N2. The van der Waals surface area contributed by atoms with Gasteiger partial charge in [0, 0.05) is 5.69 Å². The zero-order valence-electron chi connectivity index (χ0n) is 7.33. The Bertz CT molecular complexity index is 415. The summed E-state index contributed by atoms with van der Waals surface area (Å²) in [4.78, 5) is 22.6. The summed E-state index contributed by atoms with van der Waals surface area (Å²) in [5.41, 5.74) is 6.93. The number of nitrogens with one attached hydrogen (secondary N) is 2. The minimum Gasteiger partial charge on any atom is -0.399 e. The highest BCUT2D eigenvalue weighted by Crippen LogP contribution is 2.19. The highest BCUT2D eigenvalue weighted by molar-refractivity contribution is 6.08. The fourth-order valence-corrected chi connectivity index (χ4v) is 1.31. The van der Waals surface area contributed by atoms with Crippen LogP contribution in [-0.2, 0) is 4.79 Å². The van der Waals surface area contributed by atoms with E-state index in [2.05, 4.69) is 10.6 Å². The van der Waals surface area contributed by atoms with Gasteiger partial charge >= 0.3 is 0 Å². The molecule has 1 aromatic carbocycles. The van der Waals surface area contributed by atoms with E-state index in [4.69, 9.17) is 5.73 Å². The van der Waals surface area contributed by atoms with Gasteiger partial charge in [-0.05, 0) is 18.2 Å². The minimum atomic E-state index is -0.286. The number of hydrogen-bond acceptors (Lipinski definition) is 3. The van der Waals surface area contributed by atoms with Gasteiger partial charge < -0.3 is 16.4 Å². The van der Waals surface area contributed by atoms with E-state index in [0.717, 1.165) is 0 Å². The van der Waals surface area contributed by atoms with Crippen LogP contribution in [0.25, 0.3) is 0 Å². The first-order chi connectivity index (χ1) is 6.66. The highest BCUT2D eigenvalue weighted by Gasteiger charge is 2.18. The van der Waals surface area contributed by atoms with Crippen LogP contribution in [0.3, 0.4) is 0 Å². The third-order valence-electron chi connectivity index (χ3n) is 1.97. The van der Waals surface area contributed by atoms with Crippen LogP contribution in [0.1, 0.15) is 10.4 Å². The molecule has 0 unspecified atom stereocenters. The first-order valence-corrected chi connectivity index (χ1v) is 4.14. The summed E-state index contributed by atoms with van der Waals surface area (Å²) in [7, 11) is 0. The molecule has 1 aliphatic heterocycles. The van der Waals surface area contributed by atoms with Crippen LogP contribution < -0.4 is 16.4 Å². The molecule has 0 bridgehead atoms. The molecule has 0 atom stereocenters. The number of anilines is 2. The van der Waals surface area contributed by atoms with E-state index in [1.54, 1.807) is 12.1 Å². The molecule has 5 nitrogen and oxygen atoms in total. The zero-order valence-corrected chi connectivity index (χ0v) is 7.33. The lowest BCUT2D eigenvalue weighted by atomic mass is 10.1. The molecule has 72 valence electrons. The molecular weight excluding hydrogens is 182 g/mol. The van der Waals surface area contributed by atoms with E-state index in [0.29, 0.717) is 16.9 Å². The smallest absolute Gasteiger partial charge is 0.253 e. The fraction of sp³-hybridized carbons (Fsp3) is 0.111. The summed E-state index contributed by atoms with van der Waals surface area (Å²) in [5, 5.41) is 5.07. The number of rotatable bonds is 0. The lowest BCUT2D eigenvalue weighted by molar-refractivity contribution is -0.115. The Morgan fingerprint density at radius 2 is 2.07 bits per heavy atom. The number of nitrogen functional groups attached to an aromatic ring is 1. The summed E-state index contributed by atoms with van der Waals surface area (Å²) >= 11 is 0. The van der Waals surface area contributed by atoms with Crippen LogP contribution in [0, 0.1) is 0 Å². The van der Waals surface area contributed by atoms with E-state index in [1.807, 2.05) is 0 Å². The normalized spacial score (nSPS) is 15.1. The fourth-order valence-electron chi connectivity index (χ4n) is 1.31. The molecule has 1 aliphatic rings. The van der Waals surface area contributed by atoms with Crippen LogP contribution in [0.2, 0.25) is 0 Å². The molecule has 0 aliphatic carbocycles. The van der Waals surface area contributed by atoms with Gasteiger partial charge in [-0.2, -0.15) is 0 Å². The Balaban J connectivity index is 2.52. The van der Waals surface area contributed by atoms with Gasteiger partial charge in [0.05, 0.1) is 17.8 Å². The number of fused-ring (bicyclic) bond motifs is 1. The lowest BCUT2D eigenvalue weighted by Gasteiger charge is -2.04. The molecule has 0 fully saturated rings. The molecule has 4 N–H and O–H groups in total. The molecule has 0 saturated carbocycles. The van der Waals surface area contributed by atoms with Crippen molar-refractivity contribution in [1.29, 1.82) is 0 Å². The van der Waals surface area contributed by atoms with Crippen molar-refractivity contribution in [1.82, 2.24) is 5.32 Å². The molecule has 0 spiro atoms. The van der Waals surface area contributed by atoms with Crippen molar-refractivity contribution in [3.63, 3.8) is 0 Å². The third kappa shape index (κ3) is 1.39. The van der Waals surface area contributed by atoms with Gasteiger partial charge in [-0.3, -0.25) is 9.59 Å². The highest BCUT2D eigenvalue weighted by atomic mass is 16.2. The molecule has 0 radical (unpaired) electrons. The first-order valence-electron chi connectivity index (χ1n) is 4.14. The van der Waals surface area contributed by atoms with E-state index >= 15 is 0 Å². The average molecular weight is 191 g/mol. The van der Waals surface area contributed by atoms with Gasteiger partial charge in [-0.25, -0.2) is 0 Å². The molecule has 1 aromatic rings. The second-order valence-corrected chi connectivity index (χ2v) is 3.04. The van der Waals surface area contributed by atoms with Crippen LogP contribution in [0.15, 0.2) is 18.2 Å². The summed E-state index contributed by atoms with van der Waals surface area (Å²) in [6, 6.07) is 4.79. The molecule has 14 heavy (non-hydrogen) atoms. The largest absolute Gasteiger partial charge is 0.399 e. The van der Waals surface area contributed by atoms with E-state index < -0.39 is 0 Å². The number of hydrogen-bond donors (Lipinski definition) is 3. The van der Waals surface area contributed by atoms with Crippen molar-refractivity contribution in [3.05, 3.63) is 23.8 Å². The molecular formula is C9H9N3O2. The molecule has 2 amide bonds. The van der Waals surface area contributed by atoms with E-state index in [9.17, 15) is 9.59 Å². The minimum absolute atomic E-state index is 0.00653. The van der Waals surface area contributed by atoms with Gasteiger partial charge in [0.2, 0.25) is 5.91 Å². The molecule has 2 rings (SSSR count). The molecule has 0 saturated heterocycles. The second kappa shape index (κ2) is 3.02. The molecule has 0 aromatic heterocycles. The number of carbonyl (C=O) groups excluding carboxylic acids is 2. The van der Waals surface area contributed by atoms with Gasteiger partial charge in [0.15, 0.2) is 0 Å². The Hall–Kier alpha value is -2.04. The lowest BCUT2D eigenvalue weighted by Crippen LogP contribution is -2.28. The Morgan fingerprint density at radius 1 is 1.29 bits per heavy atom. The summed E-state index contributed by atoms with van der Waals surface area (Å²) in [6.45, 7) is -0.00653. The maximum absolute atomic E-state index is 11.4. The molecule has 5 heteroatoms.